The fraction of sp³-hybridized carbons (Fsp3) is 0. The lowest BCUT2D eigenvalue weighted by molar-refractivity contribution is 1.08. The van der Waals surface area contributed by atoms with E-state index in [-0.39, 0.29) is 0 Å². The molecule has 0 radical (unpaired) electrons. The molecule has 0 saturated heterocycles. The number of hydrogen-bond acceptors (Lipinski definition) is 1. The van der Waals surface area contributed by atoms with Crippen LogP contribution in [0.3, 0.4) is 0 Å². The fourth-order valence-electron chi connectivity index (χ4n) is 6.16. The van der Waals surface area contributed by atoms with Crippen LogP contribution in [0, 0.1) is 0 Å². The maximum atomic E-state index is 5.35. The van der Waals surface area contributed by atoms with Crippen molar-refractivity contribution in [2.75, 3.05) is 0 Å². The van der Waals surface area contributed by atoms with Gasteiger partial charge in [-0.05, 0) is 58.1 Å². The highest BCUT2D eigenvalue weighted by molar-refractivity contribution is 6.15. The minimum atomic E-state index is 0.899. The predicted molar refractivity (Wildman–Crippen MR) is 180 cm³/mol. The monoisotopic (exact) mass is 548 g/mol. The van der Waals surface area contributed by atoms with E-state index >= 15 is 0 Å². The van der Waals surface area contributed by atoms with Crippen LogP contribution in [0.2, 0.25) is 0 Å². The number of fused-ring (bicyclic) bond motifs is 3. The van der Waals surface area contributed by atoms with Crippen LogP contribution >= 0.6 is 0 Å². The van der Waals surface area contributed by atoms with E-state index in [1.807, 2.05) is 0 Å². The van der Waals surface area contributed by atoms with Crippen LogP contribution in [0.5, 0.6) is 0 Å². The molecular weight excluding hydrogens is 520 g/mol. The molecule has 2 heteroatoms. The lowest BCUT2D eigenvalue weighted by atomic mass is 9.95. The summed E-state index contributed by atoms with van der Waals surface area (Å²) in [4.78, 5) is 5.35. The molecule has 2 heterocycles. The van der Waals surface area contributed by atoms with Crippen molar-refractivity contribution < 1.29 is 0 Å². The average Bonchev–Trinajstić information content (AvgIpc) is 3.44. The van der Waals surface area contributed by atoms with Gasteiger partial charge in [0.1, 0.15) is 5.82 Å². The van der Waals surface area contributed by atoms with Crippen LogP contribution in [0.4, 0.5) is 0 Å². The second-order valence-electron chi connectivity index (χ2n) is 10.8. The van der Waals surface area contributed by atoms with Crippen molar-refractivity contribution >= 4 is 21.8 Å². The van der Waals surface area contributed by atoms with E-state index in [0.29, 0.717) is 0 Å². The van der Waals surface area contributed by atoms with E-state index < -0.39 is 0 Å². The number of pyridine rings is 1. The van der Waals surface area contributed by atoms with E-state index in [1.165, 1.54) is 38.6 Å². The van der Waals surface area contributed by atoms with Crippen LogP contribution in [0.1, 0.15) is 0 Å². The van der Waals surface area contributed by atoms with Crippen LogP contribution < -0.4 is 0 Å². The highest BCUT2D eigenvalue weighted by Gasteiger charge is 2.20. The molecule has 0 aliphatic rings. The first-order valence-electron chi connectivity index (χ1n) is 14.6. The number of rotatable bonds is 5. The van der Waals surface area contributed by atoms with Crippen LogP contribution in [-0.4, -0.2) is 9.55 Å². The topological polar surface area (TPSA) is 17.8 Å². The molecule has 0 atom stereocenters. The summed E-state index contributed by atoms with van der Waals surface area (Å²) in [5.41, 5.74) is 11.4. The van der Waals surface area contributed by atoms with Crippen LogP contribution in [-0.2, 0) is 0 Å². The number of hydrogen-bond donors (Lipinski definition) is 0. The first kappa shape index (κ1) is 25.0. The molecule has 0 unspecified atom stereocenters. The largest absolute Gasteiger partial charge is 0.293 e. The van der Waals surface area contributed by atoms with Crippen LogP contribution in [0.25, 0.3) is 72.3 Å². The zero-order valence-corrected chi connectivity index (χ0v) is 23.6. The van der Waals surface area contributed by atoms with Crippen molar-refractivity contribution in [1.29, 1.82) is 0 Å². The molecule has 43 heavy (non-hydrogen) atoms. The summed E-state index contributed by atoms with van der Waals surface area (Å²) in [5.74, 6) is 0.899. The maximum Gasteiger partial charge on any atom is 0.138 e. The van der Waals surface area contributed by atoms with Gasteiger partial charge in [-0.15, -0.1) is 0 Å². The van der Waals surface area contributed by atoms with Crippen LogP contribution in [0.15, 0.2) is 170 Å². The van der Waals surface area contributed by atoms with Crippen molar-refractivity contribution in [1.82, 2.24) is 9.55 Å². The lowest BCUT2D eigenvalue weighted by Gasteiger charge is -2.15. The standard InChI is InChI=1S/C41H28N2/c1-5-15-29(16-6-1)33-25-36(31-19-9-3-10-20-31)41-37(26-33)35-23-13-14-24-39(35)43(41)40-28-34(30-17-7-2-8-18-30)27-38(42-40)32-21-11-4-12-22-32/h1-28H. The molecule has 0 amide bonds. The van der Waals surface area contributed by atoms with Crippen molar-refractivity contribution in [3.63, 3.8) is 0 Å². The van der Waals surface area contributed by atoms with Gasteiger partial charge in [0.15, 0.2) is 0 Å². The van der Waals surface area contributed by atoms with Gasteiger partial charge in [-0.3, -0.25) is 4.57 Å². The highest BCUT2D eigenvalue weighted by atomic mass is 15.1. The van der Waals surface area contributed by atoms with Crippen molar-refractivity contribution in [3.05, 3.63) is 170 Å². The highest BCUT2D eigenvalue weighted by Crippen LogP contribution is 2.41. The Balaban J connectivity index is 1.50. The van der Waals surface area contributed by atoms with Gasteiger partial charge in [-0.25, -0.2) is 4.98 Å². The van der Waals surface area contributed by atoms with E-state index in [9.17, 15) is 0 Å². The maximum absolute atomic E-state index is 5.35. The Morgan fingerprint density at radius 2 is 0.884 bits per heavy atom. The van der Waals surface area contributed by atoms with Crippen molar-refractivity contribution in [2.45, 2.75) is 0 Å². The molecule has 202 valence electrons. The number of para-hydroxylation sites is 1. The van der Waals surface area contributed by atoms with E-state index in [0.717, 1.165) is 33.7 Å². The van der Waals surface area contributed by atoms with E-state index in [2.05, 4.69) is 174 Å². The second kappa shape index (κ2) is 10.6. The van der Waals surface area contributed by atoms with Gasteiger partial charge in [-0.1, -0.05) is 140 Å². The zero-order chi connectivity index (χ0) is 28.6. The molecule has 0 N–H and O–H groups in total. The summed E-state index contributed by atoms with van der Waals surface area (Å²) in [6.07, 6.45) is 0. The Labute approximate surface area is 251 Å². The Hall–Kier alpha value is -5.73. The first-order chi connectivity index (χ1) is 21.3. The van der Waals surface area contributed by atoms with Gasteiger partial charge in [-0.2, -0.15) is 0 Å². The molecule has 8 aromatic rings. The quantitative estimate of drug-likeness (QED) is 0.209. The molecule has 0 aliphatic heterocycles. The SMILES string of the molecule is c1ccc(-c2cc(-c3ccccc3)nc(-n3c4ccccc4c4cc(-c5ccccc5)cc(-c5ccccc5)c43)c2)cc1. The molecule has 0 saturated carbocycles. The van der Waals surface area contributed by atoms with Gasteiger partial charge in [0.25, 0.3) is 0 Å². The summed E-state index contributed by atoms with van der Waals surface area (Å²) in [5, 5.41) is 2.42. The van der Waals surface area contributed by atoms with Gasteiger partial charge in [0.2, 0.25) is 0 Å². The lowest BCUT2D eigenvalue weighted by Crippen LogP contribution is -2.01. The minimum absolute atomic E-state index is 0.899. The summed E-state index contributed by atoms with van der Waals surface area (Å²) in [6.45, 7) is 0. The number of benzene rings is 6. The first-order valence-corrected chi connectivity index (χ1v) is 14.6. The van der Waals surface area contributed by atoms with E-state index in [4.69, 9.17) is 4.98 Å². The summed E-state index contributed by atoms with van der Waals surface area (Å²) >= 11 is 0. The second-order valence-corrected chi connectivity index (χ2v) is 10.8. The third-order valence-corrected chi connectivity index (χ3v) is 8.18. The van der Waals surface area contributed by atoms with Gasteiger partial charge in [0, 0.05) is 21.9 Å². The summed E-state index contributed by atoms with van der Waals surface area (Å²) < 4.78 is 2.36. The fourth-order valence-corrected chi connectivity index (χ4v) is 6.16. The van der Waals surface area contributed by atoms with Gasteiger partial charge in [0.05, 0.1) is 16.7 Å². The molecule has 8 rings (SSSR count). The summed E-state index contributed by atoms with van der Waals surface area (Å²) in [7, 11) is 0. The third kappa shape index (κ3) is 4.50. The molecule has 0 spiro atoms. The average molecular weight is 549 g/mol. The molecule has 2 nitrogen and oxygen atoms in total. The molecule has 2 aromatic heterocycles. The Morgan fingerprint density at radius 3 is 1.51 bits per heavy atom. The Kier molecular flexibility index (Phi) is 6.16. The third-order valence-electron chi connectivity index (χ3n) is 8.18. The smallest absolute Gasteiger partial charge is 0.138 e. The molecule has 0 aliphatic carbocycles. The molecule has 0 fully saturated rings. The molecular formula is C41H28N2. The van der Waals surface area contributed by atoms with E-state index in [1.54, 1.807) is 0 Å². The molecule has 6 aromatic carbocycles. The zero-order valence-electron chi connectivity index (χ0n) is 23.6. The molecule has 0 bridgehead atoms. The Morgan fingerprint density at radius 1 is 0.372 bits per heavy atom. The Bertz CT molecular complexity index is 2140. The minimum Gasteiger partial charge on any atom is -0.293 e. The van der Waals surface area contributed by atoms with Gasteiger partial charge < -0.3 is 0 Å². The van der Waals surface area contributed by atoms with Gasteiger partial charge >= 0.3 is 0 Å². The van der Waals surface area contributed by atoms with Crippen molar-refractivity contribution in [3.8, 4) is 50.5 Å². The number of aromatic nitrogens is 2. The van der Waals surface area contributed by atoms with Crippen molar-refractivity contribution in [2.24, 2.45) is 0 Å². The predicted octanol–water partition coefficient (Wildman–Crippen LogP) is 10.8. The number of nitrogens with zero attached hydrogens (tertiary/aromatic N) is 2. The summed E-state index contributed by atoms with van der Waals surface area (Å²) in [6, 6.07) is 60.2. The normalized spacial score (nSPS) is 11.3.